The Bertz CT molecular complexity index is 1660. The number of nitrogens with zero attached hydrogens (tertiary/aromatic N) is 1. The van der Waals surface area contributed by atoms with E-state index >= 15 is 0 Å². The van der Waals surface area contributed by atoms with Crippen molar-refractivity contribution in [1.29, 1.82) is 0 Å². The highest BCUT2D eigenvalue weighted by Crippen LogP contribution is 2.40. The van der Waals surface area contributed by atoms with E-state index in [1.54, 1.807) is 0 Å². The van der Waals surface area contributed by atoms with E-state index < -0.39 is 0 Å². The van der Waals surface area contributed by atoms with Crippen molar-refractivity contribution in [2.45, 2.75) is 26.2 Å². The molecule has 2 aliphatic rings. The Morgan fingerprint density at radius 2 is 1.30 bits per heavy atom. The predicted octanol–water partition coefficient (Wildman–Crippen LogP) is 6.44. The molecule has 0 fully saturated rings. The normalized spacial score (nSPS) is 13.1. The van der Waals surface area contributed by atoms with Gasteiger partial charge >= 0.3 is 0 Å². The quantitative estimate of drug-likeness (QED) is 0.268. The molecule has 0 bridgehead atoms. The Labute approximate surface area is 217 Å². The topological polar surface area (TPSA) is 31.4 Å². The van der Waals surface area contributed by atoms with Crippen LogP contribution in [0.4, 0.5) is 0 Å². The number of benzene rings is 4. The van der Waals surface area contributed by atoms with Gasteiger partial charge in [0, 0.05) is 16.6 Å². The lowest BCUT2D eigenvalue weighted by atomic mass is 9.36. The fourth-order valence-electron chi connectivity index (χ4n) is 5.50. The van der Waals surface area contributed by atoms with E-state index in [4.69, 9.17) is 14.5 Å². The van der Waals surface area contributed by atoms with Crippen LogP contribution < -0.4 is 26.0 Å². The maximum absolute atomic E-state index is 6.66. The molecule has 0 unspecified atom stereocenters. The number of aromatic nitrogens is 1. The molecule has 0 radical (unpaired) electrons. The van der Waals surface area contributed by atoms with Crippen LogP contribution in [0.15, 0.2) is 103 Å². The highest BCUT2D eigenvalue weighted by molar-refractivity contribution is 6.97. The molecule has 0 aliphatic carbocycles. The minimum Gasteiger partial charge on any atom is -0.458 e. The molecule has 0 saturated carbocycles. The van der Waals surface area contributed by atoms with Gasteiger partial charge in [-0.25, -0.2) is 0 Å². The molecule has 7 rings (SSSR count). The molecule has 3 nitrogen and oxygen atoms in total. The van der Waals surface area contributed by atoms with Crippen LogP contribution in [0.25, 0.3) is 22.4 Å². The summed E-state index contributed by atoms with van der Waals surface area (Å²) in [6.45, 7) is 6.61. The van der Waals surface area contributed by atoms with Gasteiger partial charge in [0.1, 0.15) is 23.0 Å². The first-order valence-corrected chi connectivity index (χ1v) is 12.8. The van der Waals surface area contributed by atoms with Crippen molar-refractivity contribution in [3.63, 3.8) is 0 Å². The van der Waals surface area contributed by atoms with Gasteiger partial charge < -0.3 is 9.47 Å². The lowest BCUT2D eigenvalue weighted by molar-refractivity contribution is 0.447. The molecular weight excluding hydrogens is 453 g/mol. The van der Waals surface area contributed by atoms with Crippen LogP contribution in [-0.2, 0) is 5.41 Å². The Morgan fingerprint density at radius 3 is 2.00 bits per heavy atom. The zero-order chi connectivity index (χ0) is 25.1. The summed E-state index contributed by atoms with van der Waals surface area (Å²) in [4.78, 5) is 5.30. The molecule has 178 valence electrons. The second-order valence-corrected chi connectivity index (χ2v) is 10.8. The van der Waals surface area contributed by atoms with E-state index in [1.807, 2.05) is 30.3 Å². The van der Waals surface area contributed by atoms with Gasteiger partial charge in [0.2, 0.25) is 0 Å². The number of rotatable bonds is 2. The number of fused-ring (bicyclic) bond motifs is 4. The predicted molar refractivity (Wildman–Crippen MR) is 151 cm³/mol. The molecule has 0 saturated heterocycles. The molecule has 37 heavy (non-hydrogen) atoms. The zero-order valence-electron chi connectivity index (χ0n) is 21.2. The SMILES string of the molecule is CC(C)(C)c1cc(-c2ccccc2)nc2c1Oc1cccc3c1B2c1cc(-c2ccccc2)ccc1O3. The highest BCUT2D eigenvalue weighted by Gasteiger charge is 2.43. The maximum Gasteiger partial charge on any atom is 0.283 e. The number of hydrogen-bond donors (Lipinski definition) is 0. The monoisotopic (exact) mass is 479 g/mol. The summed E-state index contributed by atoms with van der Waals surface area (Å²) >= 11 is 0. The van der Waals surface area contributed by atoms with Gasteiger partial charge in [-0.15, -0.1) is 0 Å². The molecule has 4 aromatic carbocycles. The summed E-state index contributed by atoms with van der Waals surface area (Å²) in [7, 11) is 0. The molecule has 0 N–H and O–H groups in total. The van der Waals surface area contributed by atoms with Gasteiger partial charge in [0.25, 0.3) is 6.71 Å². The molecule has 4 heteroatoms. The van der Waals surface area contributed by atoms with Crippen molar-refractivity contribution in [2.24, 2.45) is 0 Å². The van der Waals surface area contributed by atoms with Crippen molar-refractivity contribution in [2.75, 3.05) is 0 Å². The third-order valence-electron chi connectivity index (χ3n) is 7.32. The van der Waals surface area contributed by atoms with E-state index in [0.717, 1.165) is 61.9 Å². The van der Waals surface area contributed by atoms with Crippen molar-refractivity contribution < 1.29 is 9.47 Å². The minimum absolute atomic E-state index is 0.0906. The van der Waals surface area contributed by atoms with Gasteiger partial charge in [0.05, 0.1) is 11.3 Å². The summed E-state index contributed by atoms with van der Waals surface area (Å²) in [6, 6.07) is 35.7. The van der Waals surface area contributed by atoms with Crippen molar-refractivity contribution in [3.8, 4) is 45.4 Å². The summed E-state index contributed by atoms with van der Waals surface area (Å²) in [5.74, 6) is 3.40. The molecule has 3 heterocycles. The van der Waals surface area contributed by atoms with Gasteiger partial charge in [-0.1, -0.05) is 99.6 Å². The van der Waals surface area contributed by atoms with Crippen LogP contribution in [0.3, 0.4) is 0 Å². The van der Waals surface area contributed by atoms with Crippen LogP contribution in [-0.4, -0.2) is 11.7 Å². The smallest absolute Gasteiger partial charge is 0.283 e. The zero-order valence-corrected chi connectivity index (χ0v) is 21.2. The summed E-state index contributed by atoms with van der Waals surface area (Å²) in [5, 5.41) is 0. The van der Waals surface area contributed by atoms with E-state index in [1.165, 1.54) is 5.56 Å². The Morgan fingerprint density at radius 1 is 0.622 bits per heavy atom. The van der Waals surface area contributed by atoms with Crippen molar-refractivity contribution in [3.05, 3.63) is 109 Å². The molecule has 1 aromatic heterocycles. The lowest BCUT2D eigenvalue weighted by Gasteiger charge is -2.35. The highest BCUT2D eigenvalue weighted by atomic mass is 16.5. The Balaban J connectivity index is 1.52. The average Bonchev–Trinajstić information content (AvgIpc) is 2.92. The van der Waals surface area contributed by atoms with Crippen LogP contribution in [0.2, 0.25) is 0 Å². The fourth-order valence-corrected chi connectivity index (χ4v) is 5.50. The molecular formula is C33H26BNO2. The maximum atomic E-state index is 6.66. The first-order chi connectivity index (χ1) is 18.0. The minimum atomic E-state index is -0.133. The van der Waals surface area contributed by atoms with Gasteiger partial charge in [-0.05, 0) is 46.3 Å². The molecule has 5 aromatic rings. The second kappa shape index (κ2) is 8.11. The third kappa shape index (κ3) is 3.55. The standard InChI is InChI=1S/C33H26BNO2/c1-33(2,3)24-20-26(22-13-8-5-9-14-22)35-32-31(24)37-29-16-10-15-28-30(29)34(32)25-19-23(17-18-27(25)36-28)21-11-6-4-7-12-21/h4-20H,1-3H3. The Hall–Kier alpha value is -4.31. The van der Waals surface area contributed by atoms with Crippen LogP contribution in [0.1, 0.15) is 26.3 Å². The molecule has 2 aliphatic heterocycles. The number of ether oxygens (including phenoxy) is 2. The van der Waals surface area contributed by atoms with E-state index in [-0.39, 0.29) is 12.1 Å². The van der Waals surface area contributed by atoms with Crippen LogP contribution in [0.5, 0.6) is 23.0 Å². The van der Waals surface area contributed by atoms with Gasteiger partial charge in [-0.2, -0.15) is 0 Å². The first-order valence-electron chi connectivity index (χ1n) is 12.8. The average molecular weight is 479 g/mol. The van der Waals surface area contributed by atoms with Gasteiger partial charge in [-0.3, -0.25) is 4.98 Å². The third-order valence-corrected chi connectivity index (χ3v) is 7.32. The Kier molecular flexibility index (Phi) is 4.81. The number of pyridine rings is 1. The molecule has 0 atom stereocenters. The van der Waals surface area contributed by atoms with E-state index in [0.29, 0.717) is 0 Å². The van der Waals surface area contributed by atoms with Gasteiger partial charge in [0.15, 0.2) is 0 Å². The fraction of sp³-hybridized carbons (Fsp3) is 0.121. The van der Waals surface area contributed by atoms with Crippen LogP contribution in [0, 0.1) is 0 Å². The summed E-state index contributed by atoms with van der Waals surface area (Å²) in [5.41, 5.74) is 8.52. The molecule has 0 amide bonds. The number of hydrogen-bond acceptors (Lipinski definition) is 3. The summed E-state index contributed by atoms with van der Waals surface area (Å²) < 4.78 is 13.1. The lowest BCUT2D eigenvalue weighted by Crippen LogP contribution is -2.59. The van der Waals surface area contributed by atoms with E-state index in [9.17, 15) is 0 Å². The van der Waals surface area contributed by atoms with E-state index in [2.05, 4.69) is 93.6 Å². The van der Waals surface area contributed by atoms with Crippen LogP contribution >= 0.6 is 0 Å². The largest absolute Gasteiger partial charge is 0.458 e. The second-order valence-electron chi connectivity index (χ2n) is 10.8. The first kappa shape index (κ1) is 21.9. The molecule has 0 spiro atoms. The summed E-state index contributed by atoms with van der Waals surface area (Å²) in [6.07, 6.45) is 0. The van der Waals surface area contributed by atoms with Crippen molar-refractivity contribution >= 4 is 23.2 Å². The van der Waals surface area contributed by atoms with Crippen molar-refractivity contribution in [1.82, 2.24) is 4.98 Å².